The highest BCUT2D eigenvalue weighted by Crippen LogP contribution is 2.11. The smallest absolute Gasteiger partial charge is 0.450 e. The van der Waals surface area contributed by atoms with Crippen molar-refractivity contribution in [1.82, 2.24) is 0 Å². The van der Waals surface area contributed by atoms with Gasteiger partial charge in [0, 0.05) is 6.92 Å². The predicted octanol–water partition coefficient (Wildman–Crippen LogP) is 2.61. The number of carboxylic acid groups (broad SMARTS) is 1. The van der Waals surface area contributed by atoms with Crippen molar-refractivity contribution in [3.8, 4) is 0 Å². The molecule has 0 amide bonds. The van der Waals surface area contributed by atoms with Gasteiger partial charge in [-0.15, -0.1) is 0 Å². The Balaban J connectivity index is 4.39. The quantitative estimate of drug-likeness (QED) is 0.199. The monoisotopic (exact) mass is 276 g/mol. The number of hydrogen-bond donors (Lipinski definition) is 1. The lowest BCUT2D eigenvalue weighted by Gasteiger charge is -2.17. The van der Waals surface area contributed by atoms with Crippen molar-refractivity contribution in [2.75, 3.05) is 0 Å². The van der Waals surface area contributed by atoms with Crippen LogP contribution in [0.2, 0.25) is 0 Å². The minimum atomic E-state index is -1.52. The second kappa shape index (κ2) is 7.63. The van der Waals surface area contributed by atoms with Gasteiger partial charge in [0.05, 0.1) is 5.57 Å². The van der Waals surface area contributed by atoms with Crippen LogP contribution in [0.15, 0.2) is 11.8 Å². The maximum Gasteiger partial charge on any atom is 0.508 e. The van der Waals surface area contributed by atoms with E-state index in [4.69, 9.17) is 19.6 Å². The van der Waals surface area contributed by atoms with E-state index in [1.54, 1.807) is 27.7 Å². The fraction of sp³-hybridized carbons (Fsp3) is 0.667. The summed E-state index contributed by atoms with van der Waals surface area (Å²) >= 11 is 0. The molecule has 0 saturated carbocycles. The number of hydrogen-bond acceptors (Lipinski definition) is 6. The highest BCUT2D eigenvalue weighted by molar-refractivity contribution is 5.88. The van der Waals surface area contributed by atoms with Crippen LogP contribution >= 0.6 is 0 Å². The van der Waals surface area contributed by atoms with E-state index >= 15 is 0 Å². The summed E-state index contributed by atoms with van der Waals surface area (Å²) in [6.07, 6.45) is -1.24. The maximum atomic E-state index is 11.6. The average Bonchev–Trinajstić information content (AvgIpc) is 2.21. The molecule has 110 valence electrons. The number of rotatable bonds is 6. The summed E-state index contributed by atoms with van der Waals surface area (Å²) < 4.78 is 9.00. The molecule has 0 spiro atoms. The average molecular weight is 276 g/mol. The molecule has 0 heterocycles. The number of carbonyl (C=O) groups excluding carboxylic acids is 1. The molecule has 0 saturated heterocycles. The lowest BCUT2D eigenvalue weighted by atomic mass is 10.2. The molecule has 1 unspecified atom stereocenters. The lowest BCUT2D eigenvalue weighted by Crippen LogP contribution is -2.22. The molecule has 0 aliphatic heterocycles. The molecule has 0 aliphatic carbocycles. The zero-order valence-electron chi connectivity index (χ0n) is 11.8. The van der Waals surface area contributed by atoms with Gasteiger partial charge in [0.15, 0.2) is 0 Å². The van der Waals surface area contributed by atoms with Crippen LogP contribution in [0.3, 0.4) is 0 Å². The predicted molar refractivity (Wildman–Crippen MR) is 65.0 cm³/mol. The highest BCUT2D eigenvalue weighted by Gasteiger charge is 2.17. The summed E-state index contributed by atoms with van der Waals surface area (Å²) in [5.74, 6) is -0.728. The van der Waals surface area contributed by atoms with Crippen LogP contribution in [0.5, 0.6) is 0 Å². The minimum absolute atomic E-state index is 0.199. The van der Waals surface area contributed by atoms with Gasteiger partial charge in [0.1, 0.15) is 11.9 Å². The Morgan fingerprint density at radius 3 is 2.26 bits per heavy atom. The lowest BCUT2D eigenvalue weighted by molar-refractivity contribution is -0.311. The fourth-order valence-corrected chi connectivity index (χ4v) is 0.895. The zero-order valence-corrected chi connectivity index (χ0v) is 11.8. The van der Waals surface area contributed by atoms with Crippen LogP contribution in [0.25, 0.3) is 0 Å². The summed E-state index contributed by atoms with van der Waals surface area (Å²) in [6, 6.07) is 0. The normalized spacial score (nSPS) is 13.6. The molecule has 0 bridgehead atoms. The summed E-state index contributed by atoms with van der Waals surface area (Å²) in [7, 11) is 0. The molecule has 1 N–H and O–H groups in total. The van der Waals surface area contributed by atoms with Crippen molar-refractivity contribution in [1.29, 1.82) is 0 Å². The molecule has 0 aromatic carbocycles. The molecule has 7 nitrogen and oxygen atoms in total. The Hall–Kier alpha value is -1.76. The van der Waals surface area contributed by atoms with Gasteiger partial charge in [-0.1, -0.05) is 6.92 Å². The van der Waals surface area contributed by atoms with Gasteiger partial charge in [-0.25, -0.2) is 9.59 Å². The molecule has 0 aromatic heterocycles. The van der Waals surface area contributed by atoms with Gasteiger partial charge >= 0.3 is 12.1 Å². The van der Waals surface area contributed by atoms with Crippen molar-refractivity contribution in [3.05, 3.63) is 11.8 Å². The third-order valence-corrected chi connectivity index (χ3v) is 1.67. The van der Waals surface area contributed by atoms with E-state index in [9.17, 15) is 9.59 Å². The number of carbonyl (C=O) groups is 2. The van der Waals surface area contributed by atoms with E-state index in [1.807, 2.05) is 0 Å². The third kappa shape index (κ3) is 8.90. The number of esters is 1. The molecular formula is C12H20O7. The van der Waals surface area contributed by atoms with Crippen LogP contribution in [-0.4, -0.2) is 29.1 Å². The maximum absolute atomic E-state index is 11.6. The van der Waals surface area contributed by atoms with Crippen LogP contribution in [0.4, 0.5) is 4.79 Å². The topological polar surface area (TPSA) is 91.3 Å². The second-order valence-electron chi connectivity index (χ2n) is 4.65. The van der Waals surface area contributed by atoms with E-state index < -0.39 is 24.0 Å². The molecule has 7 heteroatoms. The first kappa shape index (κ1) is 17.2. The van der Waals surface area contributed by atoms with Gasteiger partial charge in [0.25, 0.3) is 0 Å². The van der Waals surface area contributed by atoms with E-state index in [2.05, 4.69) is 4.74 Å². The summed E-state index contributed by atoms with van der Waals surface area (Å²) in [6.45, 7) is 8.37. The van der Waals surface area contributed by atoms with Crippen LogP contribution in [0.1, 0.15) is 41.0 Å². The van der Waals surface area contributed by atoms with E-state index in [0.29, 0.717) is 6.42 Å². The molecule has 0 aliphatic rings. The SMILES string of the molecule is CCC(=COOC(C)(C)C)C(=O)OC(C)OC(=O)O. The van der Waals surface area contributed by atoms with E-state index in [-0.39, 0.29) is 5.57 Å². The van der Waals surface area contributed by atoms with Gasteiger partial charge in [-0.05, 0) is 27.2 Å². The Kier molecular flexibility index (Phi) is 6.92. The molecule has 0 rings (SSSR count). The molecule has 0 radical (unpaired) electrons. The highest BCUT2D eigenvalue weighted by atomic mass is 17.2. The summed E-state index contributed by atoms with van der Waals surface area (Å²) in [5.41, 5.74) is -0.316. The number of ether oxygens (including phenoxy) is 2. The zero-order chi connectivity index (χ0) is 15.1. The Labute approximate surface area is 112 Å². The first-order chi connectivity index (χ1) is 8.65. The van der Waals surface area contributed by atoms with Crippen molar-refractivity contribution < 1.29 is 33.9 Å². The van der Waals surface area contributed by atoms with Crippen LogP contribution < -0.4 is 0 Å². The van der Waals surface area contributed by atoms with Crippen molar-refractivity contribution in [2.45, 2.75) is 52.9 Å². The molecule has 19 heavy (non-hydrogen) atoms. The molecular weight excluding hydrogens is 256 g/mol. The first-order valence-corrected chi connectivity index (χ1v) is 5.79. The van der Waals surface area contributed by atoms with Crippen molar-refractivity contribution in [3.63, 3.8) is 0 Å². The van der Waals surface area contributed by atoms with Gasteiger partial charge in [-0.2, -0.15) is 4.89 Å². The Morgan fingerprint density at radius 1 is 1.26 bits per heavy atom. The molecule has 0 fully saturated rings. The van der Waals surface area contributed by atoms with Crippen molar-refractivity contribution >= 4 is 12.1 Å². The van der Waals surface area contributed by atoms with E-state index in [1.165, 1.54) is 6.92 Å². The van der Waals surface area contributed by atoms with E-state index in [0.717, 1.165) is 6.26 Å². The summed E-state index contributed by atoms with van der Waals surface area (Å²) in [5, 5.41) is 8.35. The van der Waals surface area contributed by atoms with Crippen LogP contribution in [0, 0.1) is 0 Å². The van der Waals surface area contributed by atoms with Gasteiger partial charge in [-0.3, -0.25) is 0 Å². The van der Waals surface area contributed by atoms with Crippen molar-refractivity contribution in [2.24, 2.45) is 0 Å². The largest absolute Gasteiger partial charge is 0.508 e. The van der Waals surface area contributed by atoms with Gasteiger partial charge in [0.2, 0.25) is 6.29 Å². The fourth-order valence-electron chi connectivity index (χ4n) is 0.895. The first-order valence-electron chi connectivity index (χ1n) is 5.79. The van der Waals surface area contributed by atoms with Crippen LogP contribution in [-0.2, 0) is 24.0 Å². The molecule has 0 aromatic rings. The Morgan fingerprint density at radius 2 is 1.84 bits per heavy atom. The Bertz CT molecular complexity index is 340. The standard InChI is InChI=1S/C12H20O7/c1-6-9(7-16-19-12(3,4)5)10(13)17-8(2)18-11(14)15/h7-8H,6H2,1-5H3,(H,14,15). The minimum Gasteiger partial charge on any atom is -0.450 e. The molecule has 1 atom stereocenters. The van der Waals surface area contributed by atoms with Gasteiger partial charge < -0.3 is 19.5 Å². The summed E-state index contributed by atoms with van der Waals surface area (Å²) in [4.78, 5) is 31.6. The second-order valence-corrected chi connectivity index (χ2v) is 4.65. The third-order valence-electron chi connectivity index (χ3n) is 1.67.